The summed E-state index contributed by atoms with van der Waals surface area (Å²) < 4.78 is 27.0. The first kappa shape index (κ1) is 18.4. The Hall–Kier alpha value is -1.97. The molecule has 9 heteroatoms. The van der Waals surface area contributed by atoms with E-state index in [9.17, 15) is 18.5 Å². The SMILES string of the molecule is Cc1cc(S(=O)(=O)NCCNc2ccc([N+](=O)[O-])c(C)c2)c(C)s1. The van der Waals surface area contributed by atoms with Crippen LogP contribution in [0.4, 0.5) is 11.4 Å². The molecule has 2 aromatic rings. The number of rotatable bonds is 7. The van der Waals surface area contributed by atoms with Crippen LogP contribution in [0.2, 0.25) is 0 Å². The highest BCUT2D eigenvalue weighted by molar-refractivity contribution is 7.89. The van der Waals surface area contributed by atoms with Crippen molar-refractivity contribution in [2.24, 2.45) is 0 Å². The second-order valence-electron chi connectivity index (χ2n) is 5.36. The van der Waals surface area contributed by atoms with Crippen LogP contribution in [0.15, 0.2) is 29.2 Å². The molecule has 0 aliphatic rings. The summed E-state index contributed by atoms with van der Waals surface area (Å²) in [7, 11) is -3.52. The van der Waals surface area contributed by atoms with Gasteiger partial charge in [-0.2, -0.15) is 0 Å². The van der Waals surface area contributed by atoms with E-state index in [-0.39, 0.29) is 12.2 Å². The molecule has 1 aromatic carbocycles. The summed E-state index contributed by atoms with van der Waals surface area (Å²) in [6.45, 7) is 5.90. The van der Waals surface area contributed by atoms with Crippen LogP contribution in [-0.2, 0) is 10.0 Å². The molecule has 0 unspecified atom stereocenters. The van der Waals surface area contributed by atoms with Crippen LogP contribution < -0.4 is 10.0 Å². The number of hydrogen-bond acceptors (Lipinski definition) is 6. The van der Waals surface area contributed by atoms with E-state index in [0.717, 1.165) is 9.75 Å². The maximum atomic E-state index is 12.2. The van der Waals surface area contributed by atoms with E-state index in [0.29, 0.717) is 22.7 Å². The minimum atomic E-state index is -3.52. The predicted molar refractivity (Wildman–Crippen MR) is 95.3 cm³/mol. The number of nitro groups is 1. The summed E-state index contributed by atoms with van der Waals surface area (Å²) in [5, 5.41) is 13.8. The predicted octanol–water partition coefficient (Wildman–Crippen LogP) is 2.97. The van der Waals surface area contributed by atoms with Crippen LogP contribution in [-0.4, -0.2) is 26.4 Å². The molecule has 0 aliphatic heterocycles. The highest BCUT2D eigenvalue weighted by Gasteiger charge is 2.18. The smallest absolute Gasteiger partial charge is 0.272 e. The number of benzene rings is 1. The maximum absolute atomic E-state index is 12.2. The van der Waals surface area contributed by atoms with Gasteiger partial charge in [-0.15, -0.1) is 11.3 Å². The van der Waals surface area contributed by atoms with Gasteiger partial charge in [0.25, 0.3) is 5.69 Å². The summed E-state index contributed by atoms with van der Waals surface area (Å²) in [6.07, 6.45) is 0. The molecule has 1 heterocycles. The van der Waals surface area contributed by atoms with E-state index in [2.05, 4.69) is 10.0 Å². The van der Waals surface area contributed by atoms with Crippen molar-refractivity contribution in [2.45, 2.75) is 25.7 Å². The van der Waals surface area contributed by atoms with E-state index >= 15 is 0 Å². The van der Waals surface area contributed by atoms with Gasteiger partial charge in [-0.05, 0) is 39.0 Å². The van der Waals surface area contributed by atoms with Crippen LogP contribution in [0.25, 0.3) is 0 Å². The first-order valence-electron chi connectivity index (χ1n) is 7.26. The van der Waals surface area contributed by atoms with Gasteiger partial charge in [0, 0.05) is 40.2 Å². The number of nitro benzene ring substituents is 1. The van der Waals surface area contributed by atoms with Crippen molar-refractivity contribution in [2.75, 3.05) is 18.4 Å². The number of thiophene rings is 1. The van der Waals surface area contributed by atoms with Gasteiger partial charge in [0.2, 0.25) is 10.0 Å². The molecule has 0 spiro atoms. The molecule has 0 fully saturated rings. The van der Waals surface area contributed by atoms with E-state index in [1.165, 1.54) is 17.4 Å². The molecule has 0 saturated carbocycles. The highest BCUT2D eigenvalue weighted by atomic mass is 32.2. The average molecular weight is 369 g/mol. The maximum Gasteiger partial charge on any atom is 0.272 e. The molecule has 0 atom stereocenters. The van der Waals surface area contributed by atoms with Gasteiger partial charge >= 0.3 is 0 Å². The normalized spacial score (nSPS) is 11.5. The van der Waals surface area contributed by atoms with Crippen molar-refractivity contribution in [3.8, 4) is 0 Å². The second-order valence-corrected chi connectivity index (χ2v) is 8.56. The third-order valence-corrected chi connectivity index (χ3v) is 6.11. The van der Waals surface area contributed by atoms with Gasteiger partial charge in [-0.3, -0.25) is 10.1 Å². The Morgan fingerprint density at radius 3 is 2.42 bits per heavy atom. The summed E-state index contributed by atoms with van der Waals surface area (Å²) in [5.74, 6) is 0. The number of nitrogens with one attached hydrogen (secondary N) is 2. The van der Waals surface area contributed by atoms with Gasteiger partial charge < -0.3 is 5.32 Å². The first-order chi connectivity index (χ1) is 11.2. The van der Waals surface area contributed by atoms with Crippen LogP contribution in [0.5, 0.6) is 0 Å². The molecule has 0 saturated heterocycles. The van der Waals surface area contributed by atoms with Gasteiger partial charge in [-0.25, -0.2) is 13.1 Å². The molecule has 0 radical (unpaired) electrons. The van der Waals surface area contributed by atoms with Crippen molar-refractivity contribution in [1.29, 1.82) is 0 Å². The van der Waals surface area contributed by atoms with Crippen LogP contribution >= 0.6 is 11.3 Å². The zero-order valence-corrected chi connectivity index (χ0v) is 15.3. The summed E-state index contributed by atoms with van der Waals surface area (Å²) in [5.41, 5.74) is 1.32. The third kappa shape index (κ3) is 4.31. The van der Waals surface area contributed by atoms with Crippen molar-refractivity contribution in [3.05, 3.63) is 49.7 Å². The van der Waals surface area contributed by atoms with Gasteiger partial charge in [0.1, 0.15) is 0 Å². The van der Waals surface area contributed by atoms with E-state index in [1.807, 2.05) is 6.92 Å². The summed E-state index contributed by atoms with van der Waals surface area (Å²) in [4.78, 5) is 12.4. The number of aryl methyl sites for hydroxylation is 3. The highest BCUT2D eigenvalue weighted by Crippen LogP contribution is 2.24. The first-order valence-corrected chi connectivity index (χ1v) is 9.56. The minimum absolute atomic E-state index is 0.0598. The van der Waals surface area contributed by atoms with E-state index in [1.54, 1.807) is 32.0 Å². The fourth-order valence-corrected chi connectivity index (χ4v) is 4.90. The standard InChI is InChI=1S/C15H19N3O4S2/c1-10-8-13(4-5-14(10)18(19)20)16-6-7-17-24(21,22)15-9-11(2)23-12(15)3/h4-5,8-9,16-17H,6-7H2,1-3H3. The summed E-state index contributed by atoms with van der Waals surface area (Å²) in [6, 6.07) is 6.36. The number of anilines is 1. The molecular weight excluding hydrogens is 350 g/mol. The fraction of sp³-hybridized carbons (Fsp3) is 0.333. The molecular formula is C15H19N3O4S2. The second kappa shape index (κ2) is 7.29. The Morgan fingerprint density at radius 1 is 1.17 bits per heavy atom. The molecule has 1 aromatic heterocycles. The van der Waals surface area contributed by atoms with Crippen molar-refractivity contribution in [1.82, 2.24) is 4.72 Å². The van der Waals surface area contributed by atoms with Gasteiger partial charge in [0.05, 0.1) is 9.82 Å². The van der Waals surface area contributed by atoms with Gasteiger partial charge in [0.15, 0.2) is 0 Å². The lowest BCUT2D eigenvalue weighted by molar-refractivity contribution is -0.385. The lowest BCUT2D eigenvalue weighted by Gasteiger charge is -2.09. The van der Waals surface area contributed by atoms with E-state index in [4.69, 9.17) is 0 Å². The quantitative estimate of drug-likeness (QED) is 0.444. The minimum Gasteiger partial charge on any atom is -0.384 e. The average Bonchev–Trinajstić information content (AvgIpc) is 2.83. The largest absolute Gasteiger partial charge is 0.384 e. The van der Waals surface area contributed by atoms with Crippen LogP contribution in [0.1, 0.15) is 15.3 Å². The van der Waals surface area contributed by atoms with E-state index < -0.39 is 14.9 Å². The topological polar surface area (TPSA) is 101 Å². The Labute approximate surface area is 144 Å². The molecule has 24 heavy (non-hydrogen) atoms. The molecule has 0 amide bonds. The molecule has 7 nitrogen and oxygen atoms in total. The van der Waals surface area contributed by atoms with Crippen LogP contribution in [0.3, 0.4) is 0 Å². The lowest BCUT2D eigenvalue weighted by atomic mass is 10.2. The molecule has 130 valence electrons. The molecule has 2 N–H and O–H groups in total. The lowest BCUT2D eigenvalue weighted by Crippen LogP contribution is -2.29. The Morgan fingerprint density at radius 2 is 1.88 bits per heavy atom. The Bertz CT molecular complexity index is 860. The number of nitrogens with zero attached hydrogens (tertiary/aromatic N) is 1. The van der Waals surface area contributed by atoms with Crippen molar-refractivity contribution < 1.29 is 13.3 Å². The third-order valence-electron chi connectivity index (χ3n) is 3.42. The number of sulfonamides is 1. The molecule has 2 rings (SSSR count). The zero-order valence-electron chi connectivity index (χ0n) is 13.6. The van der Waals surface area contributed by atoms with Crippen molar-refractivity contribution in [3.63, 3.8) is 0 Å². The van der Waals surface area contributed by atoms with Crippen LogP contribution in [0, 0.1) is 30.9 Å². The van der Waals surface area contributed by atoms with Gasteiger partial charge in [-0.1, -0.05) is 0 Å². The monoisotopic (exact) mass is 369 g/mol. The number of hydrogen-bond donors (Lipinski definition) is 2. The summed E-state index contributed by atoms with van der Waals surface area (Å²) >= 11 is 1.45. The van der Waals surface area contributed by atoms with Crippen molar-refractivity contribution >= 4 is 32.7 Å². The Balaban J connectivity index is 1.92. The molecule has 0 bridgehead atoms. The zero-order chi connectivity index (χ0) is 17.9. The Kier molecular flexibility index (Phi) is 5.58. The fourth-order valence-electron chi connectivity index (χ4n) is 2.31. The molecule has 0 aliphatic carbocycles.